The van der Waals surface area contributed by atoms with E-state index >= 15 is 0 Å². The highest BCUT2D eigenvalue weighted by molar-refractivity contribution is 5.87. The fraction of sp³-hybridized carbons (Fsp3) is 0.312. The molecule has 0 aromatic heterocycles. The molecular weight excluding hydrogens is 464 g/mol. The van der Waals surface area contributed by atoms with Crippen molar-refractivity contribution in [2.75, 3.05) is 6.61 Å². The molecule has 3 rings (SSSR count). The van der Waals surface area contributed by atoms with Crippen LogP contribution in [0.5, 0.6) is 5.75 Å². The topological polar surface area (TPSA) is 72.8 Å². The van der Waals surface area contributed by atoms with Crippen LogP contribution in [0.4, 0.5) is 0 Å². The Morgan fingerprint density at radius 2 is 1.46 bits per heavy atom. The van der Waals surface area contributed by atoms with Gasteiger partial charge < -0.3 is 14.6 Å². The van der Waals surface area contributed by atoms with Gasteiger partial charge in [0.1, 0.15) is 12.4 Å². The third kappa shape index (κ3) is 7.89. The van der Waals surface area contributed by atoms with Crippen LogP contribution in [0, 0.1) is 5.92 Å². The molecule has 0 amide bonds. The molecule has 3 aromatic rings. The number of aliphatic hydroxyl groups excluding tert-OH is 1. The van der Waals surface area contributed by atoms with Crippen LogP contribution in [0.3, 0.4) is 0 Å². The number of hydrogen-bond donors (Lipinski definition) is 1. The molecule has 0 aliphatic heterocycles. The zero-order valence-corrected chi connectivity index (χ0v) is 22.0. The second-order valence-corrected chi connectivity index (χ2v) is 9.42. The monoisotopic (exact) mass is 500 g/mol. The summed E-state index contributed by atoms with van der Waals surface area (Å²) in [5.41, 5.74) is 6.37. The second-order valence-electron chi connectivity index (χ2n) is 9.42. The van der Waals surface area contributed by atoms with Gasteiger partial charge in [-0.25, -0.2) is 4.79 Å². The molecule has 0 fully saturated rings. The molecule has 1 unspecified atom stereocenters. The highest BCUT2D eigenvalue weighted by Crippen LogP contribution is 2.30. The number of esters is 2. The van der Waals surface area contributed by atoms with Crippen molar-refractivity contribution in [2.45, 2.75) is 53.1 Å². The van der Waals surface area contributed by atoms with Crippen LogP contribution in [0.15, 0.2) is 78.9 Å². The van der Waals surface area contributed by atoms with Gasteiger partial charge in [0, 0.05) is 11.1 Å². The Kier molecular flexibility index (Phi) is 10.2. The Balaban J connectivity index is 1.81. The minimum absolute atomic E-state index is 0.0711. The first-order chi connectivity index (χ1) is 17.8. The van der Waals surface area contributed by atoms with Gasteiger partial charge in [-0.15, -0.1) is 0 Å². The van der Waals surface area contributed by atoms with Crippen LogP contribution in [-0.4, -0.2) is 23.7 Å². The van der Waals surface area contributed by atoms with E-state index in [1.54, 1.807) is 19.9 Å². The number of aryl methyl sites for hydroxylation is 1. The Morgan fingerprint density at radius 3 is 2.03 bits per heavy atom. The molecule has 1 atom stereocenters. The first-order valence-corrected chi connectivity index (χ1v) is 12.8. The lowest BCUT2D eigenvalue weighted by Crippen LogP contribution is -2.21. The fourth-order valence-corrected chi connectivity index (χ4v) is 3.82. The van der Waals surface area contributed by atoms with E-state index in [4.69, 9.17) is 9.47 Å². The SMILES string of the molecule is C=C(C)C(=O)OCc1cc(-c2ccc(-c3ccc(CCCCC)cc3)cc2)ccc1OC(=O)C(C)CO. The molecule has 0 saturated heterocycles. The number of rotatable bonds is 12. The third-order valence-corrected chi connectivity index (χ3v) is 6.23. The first kappa shape index (κ1) is 27.9. The molecule has 5 heteroatoms. The summed E-state index contributed by atoms with van der Waals surface area (Å²) in [6.45, 7) is 8.59. The second kappa shape index (κ2) is 13.6. The summed E-state index contributed by atoms with van der Waals surface area (Å²) in [6.07, 6.45) is 4.81. The average molecular weight is 501 g/mol. The Labute approximate surface area is 219 Å². The van der Waals surface area contributed by atoms with E-state index < -0.39 is 17.9 Å². The molecule has 3 aromatic carbocycles. The van der Waals surface area contributed by atoms with Crippen molar-refractivity contribution in [1.29, 1.82) is 0 Å². The summed E-state index contributed by atoms with van der Waals surface area (Å²) >= 11 is 0. The molecular formula is C32H36O5. The van der Waals surface area contributed by atoms with Crippen molar-refractivity contribution in [3.8, 4) is 28.0 Å². The molecule has 0 heterocycles. The lowest BCUT2D eigenvalue weighted by molar-refractivity contribution is -0.140. The van der Waals surface area contributed by atoms with Gasteiger partial charge in [0.15, 0.2) is 0 Å². The van der Waals surface area contributed by atoms with Crippen molar-refractivity contribution < 1.29 is 24.2 Å². The van der Waals surface area contributed by atoms with Gasteiger partial charge in [-0.3, -0.25) is 4.79 Å². The van der Waals surface area contributed by atoms with Crippen molar-refractivity contribution in [2.24, 2.45) is 5.92 Å². The quantitative estimate of drug-likeness (QED) is 0.127. The van der Waals surface area contributed by atoms with Crippen LogP contribution < -0.4 is 4.74 Å². The smallest absolute Gasteiger partial charge is 0.333 e. The maximum atomic E-state index is 12.3. The molecule has 0 spiro atoms. The van der Waals surface area contributed by atoms with E-state index in [1.165, 1.54) is 30.4 Å². The van der Waals surface area contributed by atoms with Crippen molar-refractivity contribution >= 4 is 11.9 Å². The van der Waals surface area contributed by atoms with Gasteiger partial charge in [0.2, 0.25) is 0 Å². The summed E-state index contributed by atoms with van der Waals surface area (Å²) in [7, 11) is 0. The number of benzene rings is 3. The summed E-state index contributed by atoms with van der Waals surface area (Å²) < 4.78 is 10.8. The maximum Gasteiger partial charge on any atom is 0.333 e. The molecule has 0 aliphatic carbocycles. The molecule has 0 bridgehead atoms. The largest absolute Gasteiger partial charge is 0.457 e. The molecule has 194 valence electrons. The fourth-order valence-electron chi connectivity index (χ4n) is 3.82. The van der Waals surface area contributed by atoms with Gasteiger partial charge in [0.25, 0.3) is 0 Å². The first-order valence-electron chi connectivity index (χ1n) is 12.8. The predicted octanol–water partition coefficient (Wildman–Crippen LogP) is 6.91. The maximum absolute atomic E-state index is 12.3. The summed E-state index contributed by atoms with van der Waals surface area (Å²) in [5.74, 6) is -1.45. The summed E-state index contributed by atoms with van der Waals surface area (Å²) in [6, 6.07) is 22.4. The standard InChI is InChI=1S/C32H36O5/c1-5-6-7-8-24-9-11-25(12-10-24)26-13-15-27(16-14-26)28-17-18-30(37-32(35)23(4)20-33)29(19-28)21-36-31(34)22(2)3/h9-19,23,33H,2,5-8,20-21H2,1,3-4H3. The van der Waals surface area contributed by atoms with Crippen molar-refractivity contribution in [1.82, 2.24) is 0 Å². The lowest BCUT2D eigenvalue weighted by atomic mass is 9.97. The van der Waals surface area contributed by atoms with Crippen LogP contribution in [0.2, 0.25) is 0 Å². The van der Waals surface area contributed by atoms with E-state index in [9.17, 15) is 14.7 Å². The van der Waals surface area contributed by atoms with Gasteiger partial charge in [-0.2, -0.15) is 0 Å². The number of carbonyl (C=O) groups is 2. The van der Waals surface area contributed by atoms with Gasteiger partial charge >= 0.3 is 11.9 Å². The molecule has 0 saturated carbocycles. The molecule has 5 nitrogen and oxygen atoms in total. The third-order valence-electron chi connectivity index (χ3n) is 6.23. The summed E-state index contributed by atoms with van der Waals surface area (Å²) in [4.78, 5) is 24.2. The minimum Gasteiger partial charge on any atom is -0.457 e. The van der Waals surface area contributed by atoms with Crippen molar-refractivity contribution in [3.05, 3.63) is 90.0 Å². The lowest BCUT2D eigenvalue weighted by Gasteiger charge is -2.15. The summed E-state index contributed by atoms with van der Waals surface area (Å²) in [5, 5.41) is 9.26. The highest BCUT2D eigenvalue weighted by atomic mass is 16.5. The van der Waals surface area contributed by atoms with Crippen LogP contribution in [-0.2, 0) is 27.4 Å². The number of hydrogen-bond acceptors (Lipinski definition) is 5. The van der Waals surface area contributed by atoms with E-state index in [1.807, 2.05) is 24.3 Å². The zero-order chi connectivity index (χ0) is 26.8. The number of unbranched alkanes of at least 4 members (excludes halogenated alkanes) is 2. The van der Waals surface area contributed by atoms with Crippen LogP contribution in [0.1, 0.15) is 51.2 Å². The van der Waals surface area contributed by atoms with E-state index in [2.05, 4.69) is 49.9 Å². The van der Waals surface area contributed by atoms with Gasteiger partial charge in [0.05, 0.1) is 12.5 Å². The van der Waals surface area contributed by atoms with E-state index in [-0.39, 0.29) is 18.8 Å². The van der Waals surface area contributed by atoms with E-state index in [0.29, 0.717) is 11.3 Å². The number of carbonyl (C=O) groups excluding carboxylic acids is 2. The van der Waals surface area contributed by atoms with Gasteiger partial charge in [-0.05, 0) is 66.6 Å². The van der Waals surface area contributed by atoms with E-state index in [0.717, 1.165) is 23.1 Å². The number of aliphatic hydroxyl groups is 1. The van der Waals surface area contributed by atoms with Gasteiger partial charge in [-0.1, -0.05) is 80.9 Å². The van der Waals surface area contributed by atoms with Crippen LogP contribution >= 0.6 is 0 Å². The Bertz CT molecular complexity index is 1210. The molecule has 0 aliphatic rings. The molecule has 1 N–H and O–H groups in total. The predicted molar refractivity (Wildman–Crippen MR) is 147 cm³/mol. The highest BCUT2D eigenvalue weighted by Gasteiger charge is 2.18. The van der Waals surface area contributed by atoms with Crippen molar-refractivity contribution in [3.63, 3.8) is 0 Å². The average Bonchev–Trinajstić information content (AvgIpc) is 2.92. The minimum atomic E-state index is -0.663. The van der Waals surface area contributed by atoms with Crippen LogP contribution in [0.25, 0.3) is 22.3 Å². The number of ether oxygens (including phenoxy) is 2. The Morgan fingerprint density at radius 1 is 0.892 bits per heavy atom. The normalized spacial score (nSPS) is 11.6. The molecule has 0 radical (unpaired) electrons. The Hall–Kier alpha value is -3.70. The molecule has 37 heavy (non-hydrogen) atoms. The zero-order valence-electron chi connectivity index (χ0n) is 22.0.